The van der Waals surface area contributed by atoms with Gasteiger partial charge in [-0.2, -0.15) is 8.78 Å². The Labute approximate surface area is 273 Å². The fourth-order valence-corrected chi connectivity index (χ4v) is 4.98. The SMILES string of the molecule is CCCCCc1cnc(-c2ccc(-c3ccc(-c4cc(F)c(C(F)(F)Oc5ccc(OC(F)(F)F)c(F)c5)c(F)c4)c(F)c3)c(F)c2)nc1. The summed E-state index contributed by atoms with van der Waals surface area (Å²) in [5.41, 5.74) is -1.46. The number of nitrogens with zero attached hydrogens (tertiary/aromatic N) is 2. The molecule has 0 aliphatic rings. The van der Waals surface area contributed by atoms with Crippen LogP contribution in [0.4, 0.5) is 43.9 Å². The van der Waals surface area contributed by atoms with Gasteiger partial charge in [0.25, 0.3) is 0 Å². The molecule has 0 unspecified atom stereocenters. The molecule has 0 aliphatic carbocycles. The van der Waals surface area contributed by atoms with Crippen molar-refractivity contribution in [2.24, 2.45) is 0 Å². The van der Waals surface area contributed by atoms with Gasteiger partial charge in [0.2, 0.25) is 0 Å². The Morgan fingerprint density at radius 1 is 0.592 bits per heavy atom. The maximum Gasteiger partial charge on any atom is 0.573 e. The molecule has 0 amide bonds. The zero-order chi connectivity index (χ0) is 35.5. The fraction of sp³-hybridized carbons (Fsp3) is 0.200. The molecule has 0 spiro atoms. The normalized spacial score (nSPS) is 11.9. The average Bonchev–Trinajstić information content (AvgIpc) is 3.01. The lowest BCUT2D eigenvalue weighted by molar-refractivity contribution is -0.275. The minimum Gasteiger partial charge on any atom is -0.429 e. The van der Waals surface area contributed by atoms with Crippen molar-refractivity contribution in [1.29, 1.82) is 0 Å². The summed E-state index contributed by atoms with van der Waals surface area (Å²) < 4.78 is 148. The molecule has 4 nitrogen and oxygen atoms in total. The van der Waals surface area contributed by atoms with Gasteiger partial charge >= 0.3 is 12.5 Å². The van der Waals surface area contributed by atoms with Crippen molar-refractivity contribution in [3.63, 3.8) is 0 Å². The zero-order valence-electron chi connectivity index (χ0n) is 25.3. The summed E-state index contributed by atoms with van der Waals surface area (Å²) >= 11 is 0. The number of ether oxygens (including phenoxy) is 2. The first-order chi connectivity index (χ1) is 23.1. The first-order valence-electron chi connectivity index (χ1n) is 14.7. The van der Waals surface area contributed by atoms with E-state index in [1.807, 2.05) is 0 Å². The van der Waals surface area contributed by atoms with Crippen molar-refractivity contribution in [3.05, 3.63) is 119 Å². The number of benzene rings is 4. The van der Waals surface area contributed by atoms with Crippen LogP contribution >= 0.6 is 0 Å². The molecule has 0 fully saturated rings. The topological polar surface area (TPSA) is 44.2 Å². The van der Waals surface area contributed by atoms with Crippen molar-refractivity contribution in [2.45, 2.75) is 45.1 Å². The van der Waals surface area contributed by atoms with E-state index in [2.05, 4.69) is 26.4 Å². The molecule has 4 aromatic carbocycles. The van der Waals surface area contributed by atoms with Crippen LogP contribution in [-0.4, -0.2) is 16.3 Å². The Hall–Kier alpha value is -5.14. The van der Waals surface area contributed by atoms with Gasteiger partial charge < -0.3 is 9.47 Å². The summed E-state index contributed by atoms with van der Waals surface area (Å²) in [5.74, 6) is -9.43. The van der Waals surface area contributed by atoms with Crippen molar-refractivity contribution in [2.75, 3.05) is 0 Å². The second-order valence-corrected chi connectivity index (χ2v) is 10.8. The van der Waals surface area contributed by atoms with Gasteiger partial charge in [0, 0.05) is 35.2 Å². The van der Waals surface area contributed by atoms with Crippen LogP contribution in [0.2, 0.25) is 0 Å². The third kappa shape index (κ3) is 8.30. The number of aryl methyl sites for hydroxylation is 1. The van der Waals surface area contributed by atoms with Crippen LogP contribution < -0.4 is 9.47 Å². The van der Waals surface area contributed by atoms with Crippen LogP contribution in [-0.2, 0) is 12.5 Å². The lowest BCUT2D eigenvalue weighted by atomic mass is 9.97. The van der Waals surface area contributed by atoms with Gasteiger partial charge in [-0.15, -0.1) is 13.2 Å². The van der Waals surface area contributed by atoms with E-state index < -0.39 is 69.7 Å². The van der Waals surface area contributed by atoms with Crippen LogP contribution in [0.15, 0.2) is 79.1 Å². The van der Waals surface area contributed by atoms with Crippen LogP contribution in [0.1, 0.15) is 37.3 Å². The number of rotatable bonds is 11. The molecule has 5 aromatic rings. The lowest BCUT2D eigenvalue weighted by Crippen LogP contribution is -2.25. The largest absolute Gasteiger partial charge is 0.573 e. The maximum atomic E-state index is 15.2. The van der Waals surface area contributed by atoms with Gasteiger partial charge in [-0.3, -0.25) is 0 Å². The number of hydrogen-bond acceptors (Lipinski definition) is 4. The molecule has 0 N–H and O–H groups in total. The van der Waals surface area contributed by atoms with E-state index in [0.29, 0.717) is 29.8 Å². The molecule has 0 atom stereocenters. The minimum absolute atomic E-state index is 0.00989. The van der Waals surface area contributed by atoms with Crippen molar-refractivity contribution < 1.29 is 53.4 Å². The summed E-state index contributed by atoms with van der Waals surface area (Å²) in [5, 5.41) is 0. The molecule has 1 aromatic heterocycles. The molecule has 0 saturated heterocycles. The molecule has 1 heterocycles. The summed E-state index contributed by atoms with van der Waals surface area (Å²) in [6, 6.07) is 9.06. The molecule has 0 bridgehead atoms. The van der Waals surface area contributed by atoms with E-state index >= 15 is 8.78 Å². The Kier molecular flexibility index (Phi) is 10.2. The van der Waals surface area contributed by atoms with E-state index in [9.17, 15) is 35.1 Å². The molecule has 256 valence electrons. The number of unbranched alkanes of at least 4 members (excludes halogenated alkanes) is 2. The fourth-order valence-electron chi connectivity index (χ4n) is 4.98. The quantitative estimate of drug-likeness (QED) is 0.102. The third-order valence-electron chi connectivity index (χ3n) is 7.30. The van der Waals surface area contributed by atoms with Gasteiger partial charge in [-0.05, 0) is 65.9 Å². The van der Waals surface area contributed by atoms with E-state index in [0.717, 1.165) is 43.4 Å². The standard InChI is InChI=1S/C35H24F10N2O2/c1-2-3-4-5-19-17-46-33(47-18-19)21-7-10-24(27(37)13-21)20-6-9-25(26(36)12-20)22-14-29(39)32(30(40)15-22)34(41,42)48-23-8-11-31(28(38)16-23)49-35(43,44)45/h6-18H,2-5H2,1H3. The molecule has 49 heavy (non-hydrogen) atoms. The highest BCUT2D eigenvalue weighted by Crippen LogP contribution is 2.39. The van der Waals surface area contributed by atoms with E-state index in [-0.39, 0.29) is 23.0 Å². The molecule has 0 aliphatic heterocycles. The van der Waals surface area contributed by atoms with Crippen LogP contribution in [0, 0.1) is 29.1 Å². The molecular weight excluding hydrogens is 670 g/mol. The Morgan fingerprint density at radius 3 is 1.73 bits per heavy atom. The Morgan fingerprint density at radius 2 is 1.16 bits per heavy atom. The van der Waals surface area contributed by atoms with Crippen molar-refractivity contribution >= 4 is 0 Å². The first-order valence-corrected chi connectivity index (χ1v) is 14.7. The highest BCUT2D eigenvalue weighted by molar-refractivity contribution is 5.73. The highest BCUT2D eigenvalue weighted by Gasteiger charge is 2.42. The van der Waals surface area contributed by atoms with E-state index in [4.69, 9.17) is 0 Å². The summed E-state index contributed by atoms with van der Waals surface area (Å²) in [4.78, 5) is 8.59. The number of hydrogen-bond donors (Lipinski definition) is 0. The predicted molar refractivity (Wildman–Crippen MR) is 159 cm³/mol. The zero-order valence-corrected chi connectivity index (χ0v) is 25.3. The summed E-state index contributed by atoms with van der Waals surface area (Å²) in [6.45, 7) is 2.09. The Bertz CT molecular complexity index is 1940. The average molecular weight is 695 g/mol. The number of halogens is 10. The third-order valence-corrected chi connectivity index (χ3v) is 7.30. The minimum atomic E-state index is -5.28. The van der Waals surface area contributed by atoms with Gasteiger partial charge in [0.15, 0.2) is 17.4 Å². The predicted octanol–water partition coefficient (Wildman–Crippen LogP) is 10.9. The van der Waals surface area contributed by atoms with E-state index in [1.54, 1.807) is 18.5 Å². The molecule has 0 radical (unpaired) electrons. The number of aromatic nitrogens is 2. The smallest absolute Gasteiger partial charge is 0.429 e. The van der Waals surface area contributed by atoms with Crippen LogP contribution in [0.3, 0.4) is 0 Å². The summed E-state index contributed by atoms with van der Waals surface area (Å²) in [6.07, 6.45) is -2.77. The molecule has 0 saturated carbocycles. The van der Waals surface area contributed by atoms with Crippen molar-refractivity contribution in [3.8, 4) is 45.1 Å². The number of alkyl halides is 5. The highest BCUT2D eigenvalue weighted by atomic mass is 19.4. The van der Waals surface area contributed by atoms with Gasteiger partial charge in [0.1, 0.15) is 34.6 Å². The Balaban J connectivity index is 1.34. The second kappa shape index (κ2) is 14.1. The first kappa shape index (κ1) is 35.2. The van der Waals surface area contributed by atoms with Gasteiger partial charge in [-0.1, -0.05) is 44.0 Å². The van der Waals surface area contributed by atoms with Gasteiger partial charge in [-0.25, -0.2) is 31.9 Å². The summed E-state index contributed by atoms with van der Waals surface area (Å²) in [7, 11) is 0. The van der Waals surface area contributed by atoms with Crippen LogP contribution in [0.25, 0.3) is 33.6 Å². The van der Waals surface area contributed by atoms with Crippen LogP contribution in [0.5, 0.6) is 11.5 Å². The monoisotopic (exact) mass is 694 g/mol. The van der Waals surface area contributed by atoms with Crippen molar-refractivity contribution in [1.82, 2.24) is 9.97 Å². The lowest BCUT2D eigenvalue weighted by Gasteiger charge is -2.20. The van der Waals surface area contributed by atoms with E-state index in [1.165, 1.54) is 18.2 Å². The molecule has 5 rings (SSSR count). The van der Waals surface area contributed by atoms with Gasteiger partial charge in [0.05, 0.1) is 0 Å². The maximum absolute atomic E-state index is 15.2. The second-order valence-electron chi connectivity index (χ2n) is 10.8. The molecule has 14 heteroatoms. The molecular formula is C35H24F10N2O2.